The Balaban J connectivity index is 1.61. The van der Waals surface area contributed by atoms with Crippen LogP contribution < -0.4 is 0 Å². The quantitative estimate of drug-likeness (QED) is 0.789. The standard InChI is InChI=1S/C22H28FN3O3/c1-15-22(16(2)26(24-15)19-6-4-3-5-18(19)23)20-14-29-12-9-25(20)21(27)13-17-7-10-28-11-8-17/h3-6,17,20H,7-14H2,1-2H3/t20-/m0/s1. The SMILES string of the molecule is Cc1nn(-c2ccccc2F)c(C)c1[C@@H]1COCCN1C(=O)CC1CCOCC1. The molecule has 0 radical (unpaired) electrons. The van der Waals surface area contributed by atoms with Gasteiger partial charge in [0.2, 0.25) is 5.91 Å². The molecule has 1 aromatic heterocycles. The molecular weight excluding hydrogens is 373 g/mol. The highest BCUT2D eigenvalue weighted by Crippen LogP contribution is 2.32. The molecule has 2 saturated heterocycles. The number of rotatable bonds is 4. The minimum absolute atomic E-state index is 0.155. The smallest absolute Gasteiger partial charge is 0.223 e. The molecule has 0 unspecified atom stereocenters. The van der Waals surface area contributed by atoms with Crippen LogP contribution >= 0.6 is 0 Å². The highest BCUT2D eigenvalue weighted by Gasteiger charge is 2.34. The molecule has 29 heavy (non-hydrogen) atoms. The van der Waals surface area contributed by atoms with E-state index in [1.807, 2.05) is 18.7 Å². The molecule has 2 aliphatic rings. The molecular formula is C22H28FN3O3. The van der Waals surface area contributed by atoms with Gasteiger partial charge in [0.1, 0.15) is 11.5 Å². The molecule has 1 amide bonds. The van der Waals surface area contributed by atoms with Crippen molar-refractivity contribution in [2.45, 2.75) is 39.2 Å². The van der Waals surface area contributed by atoms with Crippen LogP contribution in [-0.2, 0) is 14.3 Å². The number of ether oxygens (including phenoxy) is 2. The van der Waals surface area contributed by atoms with E-state index in [-0.39, 0.29) is 17.8 Å². The number of hydrogen-bond acceptors (Lipinski definition) is 4. The Morgan fingerprint density at radius 2 is 1.93 bits per heavy atom. The molecule has 1 atom stereocenters. The Morgan fingerprint density at radius 1 is 1.17 bits per heavy atom. The second kappa shape index (κ2) is 8.63. The molecule has 7 heteroatoms. The van der Waals surface area contributed by atoms with Crippen LogP contribution in [0.15, 0.2) is 24.3 Å². The summed E-state index contributed by atoms with van der Waals surface area (Å²) in [6, 6.07) is 6.40. The van der Waals surface area contributed by atoms with Crippen LogP contribution in [0.4, 0.5) is 4.39 Å². The number of morpholine rings is 1. The van der Waals surface area contributed by atoms with Crippen molar-refractivity contribution in [2.75, 3.05) is 33.0 Å². The number of carbonyl (C=O) groups is 1. The third-order valence-corrected chi connectivity index (χ3v) is 6.01. The van der Waals surface area contributed by atoms with Gasteiger partial charge in [-0.05, 0) is 44.7 Å². The summed E-state index contributed by atoms with van der Waals surface area (Å²) in [5.74, 6) is 0.211. The first-order chi connectivity index (χ1) is 14.1. The predicted molar refractivity (Wildman–Crippen MR) is 106 cm³/mol. The van der Waals surface area contributed by atoms with Crippen molar-refractivity contribution in [1.82, 2.24) is 14.7 Å². The number of nitrogens with zero attached hydrogens (tertiary/aromatic N) is 3. The van der Waals surface area contributed by atoms with Crippen LogP contribution in [0.5, 0.6) is 0 Å². The minimum atomic E-state index is -0.322. The van der Waals surface area contributed by atoms with Gasteiger partial charge in [0.05, 0.1) is 24.9 Å². The number of para-hydroxylation sites is 1. The summed E-state index contributed by atoms with van der Waals surface area (Å²) in [7, 11) is 0. The van der Waals surface area contributed by atoms with Crippen molar-refractivity contribution < 1.29 is 18.7 Å². The third-order valence-electron chi connectivity index (χ3n) is 6.01. The monoisotopic (exact) mass is 401 g/mol. The highest BCUT2D eigenvalue weighted by atomic mass is 19.1. The summed E-state index contributed by atoms with van der Waals surface area (Å²) in [5, 5.41) is 4.59. The zero-order chi connectivity index (χ0) is 20.4. The van der Waals surface area contributed by atoms with Gasteiger partial charge >= 0.3 is 0 Å². The number of aromatic nitrogens is 2. The van der Waals surface area contributed by atoms with Gasteiger partial charge in [-0.2, -0.15) is 5.10 Å². The zero-order valence-corrected chi connectivity index (χ0v) is 17.1. The molecule has 4 rings (SSSR count). The summed E-state index contributed by atoms with van der Waals surface area (Å²) >= 11 is 0. The van der Waals surface area contributed by atoms with Crippen LogP contribution in [0.25, 0.3) is 5.69 Å². The van der Waals surface area contributed by atoms with Crippen molar-refractivity contribution >= 4 is 5.91 Å². The largest absolute Gasteiger partial charge is 0.381 e. The van der Waals surface area contributed by atoms with Crippen LogP contribution in [0.3, 0.4) is 0 Å². The summed E-state index contributed by atoms with van der Waals surface area (Å²) in [4.78, 5) is 15.1. The maximum absolute atomic E-state index is 14.3. The van der Waals surface area contributed by atoms with Crippen LogP contribution in [0, 0.1) is 25.6 Å². The Morgan fingerprint density at radius 3 is 2.69 bits per heavy atom. The minimum Gasteiger partial charge on any atom is -0.381 e. The Bertz CT molecular complexity index is 876. The fourth-order valence-electron chi connectivity index (χ4n) is 4.45. The van der Waals surface area contributed by atoms with Crippen molar-refractivity contribution in [3.05, 3.63) is 47.0 Å². The number of hydrogen-bond donors (Lipinski definition) is 0. The van der Waals surface area contributed by atoms with Gasteiger partial charge < -0.3 is 14.4 Å². The Kier molecular flexibility index (Phi) is 5.96. The van der Waals surface area contributed by atoms with E-state index in [1.165, 1.54) is 6.07 Å². The van der Waals surface area contributed by atoms with Gasteiger partial charge in [-0.3, -0.25) is 4.79 Å². The molecule has 1 aromatic carbocycles. The number of halogens is 1. The first-order valence-electron chi connectivity index (χ1n) is 10.3. The summed E-state index contributed by atoms with van der Waals surface area (Å²) in [5.41, 5.74) is 3.00. The van der Waals surface area contributed by atoms with E-state index in [0.29, 0.717) is 37.8 Å². The van der Waals surface area contributed by atoms with Crippen molar-refractivity contribution in [2.24, 2.45) is 5.92 Å². The van der Waals surface area contributed by atoms with Gasteiger partial charge in [0.15, 0.2) is 0 Å². The molecule has 3 heterocycles. The average molecular weight is 401 g/mol. The van der Waals surface area contributed by atoms with Gasteiger partial charge in [-0.1, -0.05) is 12.1 Å². The lowest BCUT2D eigenvalue weighted by Crippen LogP contribution is -2.44. The maximum Gasteiger partial charge on any atom is 0.223 e. The molecule has 0 saturated carbocycles. The van der Waals surface area contributed by atoms with Crippen LogP contribution in [-0.4, -0.2) is 53.6 Å². The maximum atomic E-state index is 14.3. The molecule has 0 N–H and O–H groups in total. The average Bonchev–Trinajstić information content (AvgIpc) is 3.03. The molecule has 0 spiro atoms. The lowest BCUT2D eigenvalue weighted by molar-refractivity contribution is -0.142. The number of carbonyl (C=O) groups excluding carboxylic acids is 1. The summed E-state index contributed by atoms with van der Waals surface area (Å²) in [6.45, 7) is 6.85. The predicted octanol–water partition coefficient (Wildman–Crippen LogP) is 3.34. The van der Waals surface area contributed by atoms with Crippen molar-refractivity contribution in [1.29, 1.82) is 0 Å². The normalized spacial score (nSPS) is 20.8. The Hall–Kier alpha value is -2.25. The van der Waals surface area contributed by atoms with Gasteiger partial charge in [-0.15, -0.1) is 0 Å². The fraction of sp³-hybridized carbons (Fsp3) is 0.545. The lowest BCUT2D eigenvalue weighted by Gasteiger charge is -2.37. The van der Waals surface area contributed by atoms with Crippen LogP contribution in [0.2, 0.25) is 0 Å². The van der Waals surface area contributed by atoms with E-state index in [0.717, 1.165) is 43.0 Å². The van der Waals surface area contributed by atoms with Crippen LogP contribution in [0.1, 0.15) is 42.3 Å². The summed E-state index contributed by atoms with van der Waals surface area (Å²) < 4.78 is 27.1. The fourth-order valence-corrected chi connectivity index (χ4v) is 4.45. The van der Waals surface area contributed by atoms with E-state index in [9.17, 15) is 9.18 Å². The molecule has 156 valence electrons. The second-order valence-electron chi connectivity index (χ2n) is 7.89. The first-order valence-corrected chi connectivity index (χ1v) is 10.3. The summed E-state index contributed by atoms with van der Waals surface area (Å²) in [6.07, 6.45) is 2.41. The highest BCUT2D eigenvalue weighted by molar-refractivity contribution is 5.77. The number of aryl methyl sites for hydroxylation is 1. The van der Waals surface area contributed by atoms with E-state index in [1.54, 1.807) is 22.9 Å². The van der Waals surface area contributed by atoms with Crippen molar-refractivity contribution in [3.8, 4) is 5.69 Å². The lowest BCUT2D eigenvalue weighted by atomic mass is 9.94. The van der Waals surface area contributed by atoms with E-state index in [2.05, 4.69) is 5.10 Å². The van der Waals surface area contributed by atoms with Crippen molar-refractivity contribution in [3.63, 3.8) is 0 Å². The van der Waals surface area contributed by atoms with E-state index in [4.69, 9.17) is 9.47 Å². The topological polar surface area (TPSA) is 56.6 Å². The van der Waals surface area contributed by atoms with E-state index < -0.39 is 0 Å². The van der Waals surface area contributed by atoms with Gasteiger partial charge in [0.25, 0.3) is 0 Å². The molecule has 2 aromatic rings. The second-order valence-corrected chi connectivity index (χ2v) is 7.89. The molecule has 2 aliphatic heterocycles. The number of amides is 1. The number of benzene rings is 1. The first kappa shape index (κ1) is 20.0. The van der Waals surface area contributed by atoms with Gasteiger partial charge in [0, 0.05) is 37.4 Å². The van der Waals surface area contributed by atoms with Gasteiger partial charge in [-0.25, -0.2) is 9.07 Å². The third kappa shape index (κ3) is 4.07. The zero-order valence-electron chi connectivity index (χ0n) is 17.1. The molecule has 2 fully saturated rings. The Labute approximate surface area is 170 Å². The molecule has 0 aliphatic carbocycles. The van der Waals surface area contributed by atoms with E-state index >= 15 is 0 Å². The molecule has 6 nitrogen and oxygen atoms in total. The molecule has 0 bridgehead atoms.